The van der Waals surface area contributed by atoms with E-state index in [-0.39, 0.29) is 5.91 Å². The van der Waals surface area contributed by atoms with Gasteiger partial charge in [0.2, 0.25) is 5.91 Å². The largest absolute Gasteiger partial charge is 0.465 e. The maximum atomic E-state index is 11.5. The fourth-order valence-corrected chi connectivity index (χ4v) is 1.28. The zero-order valence-electron chi connectivity index (χ0n) is 9.98. The van der Waals surface area contributed by atoms with E-state index in [1.165, 1.54) is 13.3 Å². The number of hydrogen-bond acceptors (Lipinski definition) is 5. The second-order valence-electron chi connectivity index (χ2n) is 3.37. The number of nitrogens with one attached hydrogen (secondary N) is 2. The van der Waals surface area contributed by atoms with Crippen molar-refractivity contribution in [3.63, 3.8) is 0 Å². The summed E-state index contributed by atoms with van der Waals surface area (Å²) in [6.07, 6.45) is 1.53. The molecule has 2 N–H and O–H groups in total. The van der Waals surface area contributed by atoms with Gasteiger partial charge in [-0.15, -0.1) is 0 Å². The molecule has 0 aliphatic carbocycles. The Morgan fingerprint density at radius 2 is 2.18 bits per heavy atom. The highest BCUT2D eigenvalue weighted by atomic mass is 16.5. The molecular weight excluding hydrogens is 222 g/mol. The highest BCUT2D eigenvalue weighted by Crippen LogP contribution is 2.13. The van der Waals surface area contributed by atoms with E-state index >= 15 is 0 Å². The van der Waals surface area contributed by atoms with Gasteiger partial charge in [-0.1, -0.05) is 0 Å². The number of ether oxygens (including phenoxy) is 1. The standard InChI is InChI=1S/C11H15N3O3/c1-7(10(15)12-2)14-9-8(11(16)17-3)5-4-6-13-9/h4-7H,1-3H3,(H,12,15)(H,13,14). The predicted molar refractivity (Wildman–Crippen MR) is 62.7 cm³/mol. The number of aromatic nitrogens is 1. The minimum atomic E-state index is -0.496. The summed E-state index contributed by atoms with van der Waals surface area (Å²) in [4.78, 5) is 26.8. The van der Waals surface area contributed by atoms with Crippen LogP contribution >= 0.6 is 0 Å². The van der Waals surface area contributed by atoms with Gasteiger partial charge in [-0.2, -0.15) is 0 Å². The topological polar surface area (TPSA) is 80.3 Å². The average Bonchev–Trinajstić information content (AvgIpc) is 2.37. The van der Waals surface area contributed by atoms with Crippen molar-refractivity contribution in [1.82, 2.24) is 10.3 Å². The summed E-state index contributed by atoms with van der Waals surface area (Å²) in [7, 11) is 2.83. The first-order valence-electron chi connectivity index (χ1n) is 5.11. The SMILES string of the molecule is CNC(=O)C(C)Nc1ncccc1C(=O)OC. The lowest BCUT2D eigenvalue weighted by Crippen LogP contribution is -2.35. The first-order chi connectivity index (χ1) is 8.10. The predicted octanol–water partition coefficient (Wildman–Crippen LogP) is 0.415. The van der Waals surface area contributed by atoms with Gasteiger partial charge in [-0.3, -0.25) is 4.79 Å². The second-order valence-corrected chi connectivity index (χ2v) is 3.37. The molecule has 1 amide bonds. The number of carbonyl (C=O) groups is 2. The number of likely N-dealkylation sites (N-methyl/N-ethyl adjacent to an activating group) is 1. The van der Waals surface area contributed by atoms with E-state index in [9.17, 15) is 9.59 Å². The van der Waals surface area contributed by atoms with Crippen LogP contribution < -0.4 is 10.6 Å². The molecule has 1 rings (SSSR count). The molecule has 17 heavy (non-hydrogen) atoms. The summed E-state index contributed by atoms with van der Waals surface area (Å²) in [5.41, 5.74) is 0.297. The highest BCUT2D eigenvalue weighted by Gasteiger charge is 2.17. The maximum Gasteiger partial charge on any atom is 0.341 e. The maximum absolute atomic E-state index is 11.5. The molecule has 0 aliphatic rings. The van der Waals surface area contributed by atoms with Crippen LogP contribution in [0.25, 0.3) is 0 Å². The zero-order chi connectivity index (χ0) is 12.8. The molecular formula is C11H15N3O3. The van der Waals surface area contributed by atoms with Crippen LogP contribution in [-0.4, -0.2) is 37.1 Å². The molecule has 1 heterocycles. The zero-order valence-corrected chi connectivity index (χ0v) is 9.98. The van der Waals surface area contributed by atoms with Crippen LogP contribution in [-0.2, 0) is 9.53 Å². The minimum Gasteiger partial charge on any atom is -0.465 e. The number of rotatable bonds is 4. The lowest BCUT2D eigenvalue weighted by atomic mass is 10.2. The van der Waals surface area contributed by atoms with Crippen molar-refractivity contribution in [2.45, 2.75) is 13.0 Å². The van der Waals surface area contributed by atoms with Crippen molar-refractivity contribution in [2.75, 3.05) is 19.5 Å². The molecule has 0 aliphatic heterocycles. The summed E-state index contributed by atoms with van der Waals surface area (Å²) >= 11 is 0. The van der Waals surface area contributed by atoms with Gasteiger partial charge in [0.1, 0.15) is 17.4 Å². The molecule has 0 saturated carbocycles. The molecule has 6 nitrogen and oxygen atoms in total. The number of esters is 1. The third-order valence-corrected chi connectivity index (χ3v) is 2.21. The van der Waals surface area contributed by atoms with Gasteiger partial charge in [-0.25, -0.2) is 9.78 Å². The summed E-state index contributed by atoms with van der Waals surface area (Å²) in [6.45, 7) is 1.68. The van der Waals surface area contributed by atoms with Gasteiger partial charge < -0.3 is 15.4 Å². The van der Waals surface area contributed by atoms with E-state index < -0.39 is 12.0 Å². The van der Waals surface area contributed by atoms with Gasteiger partial charge >= 0.3 is 5.97 Å². The first-order valence-corrected chi connectivity index (χ1v) is 5.11. The Kier molecular flexibility index (Phi) is 4.45. The normalized spacial score (nSPS) is 11.5. The van der Waals surface area contributed by atoms with Crippen LogP contribution in [0.3, 0.4) is 0 Å². The quantitative estimate of drug-likeness (QED) is 0.741. The van der Waals surface area contributed by atoms with Crippen molar-refractivity contribution in [2.24, 2.45) is 0 Å². The van der Waals surface area contributed by atoms with E-state index in [0.717, 1.165) is 0 Å². The summed E-state index contributed by atoms with van der Waals surface area (Å²) in [5, 5.41) is 5.35. The van der Waals surface area contributed by atoms with E-state index in [1.807, 2.05) is 0 Å². The lowest BCUT2D eigenvalue weighted by Gasteiger charge is -2.14. The van der Waals surface area contributed by atoms with Gasteiger partial charge in [0.05, 0.1) is 7.11 Å². The molecule has 0 saturated heterocycles. The van der Waals surface area contributed by atoms with E-state index in [0.29, 0.717) is 11.4 Å². The third-order valence-electron chi connectivity index (χ3n) is 2.21. The number of pyridine rings is 1. The molecule has 0 aromatic carbocycles. The number of hydrogen-bond donors (Lipinski definition) is 2. The lowest BCUT2D eigenvalue weighted by molar-refractivity contribution is -0.121. The monoisotopic (exact) mass is 237 g/mol. The molecule has 0 fully saturated rings. The van der Waals surface area contributed by atoms with E-state index in [2.05, 4.69) is 20.4 Å². The molecule has 6 heteroatoms. The Balaban J connectivity index is 2.91. The van der Waals surface area contributed by atoms with Crippen molar-refractivity contribution in [1.29, 1.82) is 0 Å². The van der Waals surface area contributed by atoms with Gasteiger partial charge in [0.25, 0.3) is 0 Å². The Labute approximate surface area is 99.4 Å². The molecule has 0 radical (unpaired) electrons. The minimum absolute atomic E-state index is 0.188. The summed E-state index contributed by atoms with van der Waals surface area (Å²) in [6, 6.07) is 2.72. The molecule has 1 aromatic heterocycles. The Morgan fingerprint density at radius 1 is 1.47 bits per heavy atom. The summed E-state index contributed by atoms with van der Waals surface area (Å²) < 4.78 is 4.63. The number of carbonyl (C=O) groups excluding carboxylic acids is 2. The number of nitrogens with zero attached hydrogens (tertiary/aromatic N) is 1. The Bertz CT molecular complexity index is 420. The second kappa shape index (κ2) is 5.83. The summed E-state index contributed by atoms with van der Waals surface area (Å²) in [5.74, 6) is -0.355. The van der Waals surface area contributed by atoms with Crippen molar-refractivity contribution in [3.8, 4) is 0 Å². The smallest absolute Gasteiger partial charge is 0.341 e. The van der Waals surface area contributed by atoms with E-state index in [1.54, 1.807) is 26.1 Å². The molecule has 0 spiro atoms. The molecule has 1 atom stereocenters. The van der Waals surface area contributed by atoms with Gasteiger partial charge in [-0.05, 0) is 19.1 Å². The van der Waals surface area contributed by atoms with Crippen molar-refractivity contribution in [3.05, 3.63) is 23.9 Å². The highest BCUT2D eigenvalue weighted by molar-refractivity contribution is 5.95. The van der Waals surface area contributed by atoms with Crippen LogP contribution in [0.4, 0.5) is 5.82 Å². The number of anilines is 1. The molecule has 0 bridgehead atoms. The number of amides is 1. The van der Waals surface area contributed by atoms with E-state index in [4.69, 9.17) is 0 Å². The van der Waals surface area contributed by atoms with Gasteiger partial charge in [0.15, 0.2) is 0 Å². The fraction of sp³-hybridized carbons (Fsp3) is 0.364. The van der Waals surface area contributed by atoms with Crippen LogP contribution in [0.15, 0.2) is 18.3 Å². The van der Waals surface area contributed by atoms with Crippen LogP contribution in [0.5, 0.6) is 0 Å². The Morgan fingerprint density at radius 3 is 2.76 bits per heavy atom. The molecule has 1 unspecified atom stereocenters. The number of methoxy groups -OCH3 is 1. The third kappa shape index (κ3) is 3.17. The van der Waals surface area contributed by atoms with Crippen LogP contribution in [0.1, 0.15) is 17.3 Å². The first kappa shape index (κ1) is 13.0. The van der Waals surface area contributed by atoms with Crippen LogP contribution in [0.2, 0.25) is 0 Å². The molecule has 1 aromatic rings. The van der Waals surface area contributed by atoms with Gasteiger partial charge in [0, 0.05) is 13.2 Å². The average molecular weight is 237 g/mol. The van der Waals surface area contributed by atoms with Crippen molar-refractivity contribution < 1.29 is 14.3 Å². The fourth-order valence-electron chi connectivity index (χ4n) is 1.28. The Hall–Kier alpha value is -2.11. The molecule has 92 valence electrons. The van der Waals surface area contributed by atoms with Crippen molar-refractivity contribution >= 4 is 17.7 Å². The van der Waals surface area contributed by atoms with Crippen LogP contribution in [0, 0.1) is 0 Å².